The van der Waals surface area contributed by atoms with Crippen LogP contribution in [0, 0.1) is 17.0 Å². The van der Waals surface area contributed by atoms with Crippen molar-refractivity contribution < 1.29 is 9.72 Å². The van der Waals surface area contributed by atoms with Crippen LogP contribution in [0.3, 0.4) is 0 Å². The van der Waals surface area contributed by atoms with E-state index in [0.29, 0.717) is 30.8 Å². The molecule has 0 bridgehead atoms. The highest BCUT2D eigenvalue weighted by Crippen LogP contribution is 2.23. The van der Waals surface area contributed by atoms with Crippen LogP contribution in [0.15, 0.2) is 58.1 Å². The lowest BCUT2D eigenvalue weighted by atomic mass is 10.1. The molecular formula is C25H30N6O5. The molecule has 0 saturated carbocycles. The highest BCUT2D eigenvalue weighted by atomic mass is 16.6. The minimum absolute atomic E-state index is 0.0101. The quantitative estimate of drug-likeness (QED) is 0.273. The molecule has 0 atom stereocenters. The van der Waals surface area contributed by atoms with E-state index >= 15 is 0 Å². The second-order valence-corrected chi connectivity index (χ2v) is 8.46. The molecule has 1 heterocycles. The molecular weight excluding hydrogens is 464 g/mol. The average molecular weight is 495 g/mol. The van der Waals surface area contributed by atoms with Crippen LogP contribution in [-0.2, 0) is 17.9 Å². The van der Waals surface area contributed by atoms with Crippen LogP contribution in [0.4, 0.5) is 22.9 Å². The average Bonchev–Trinajstić information content (AvgIpc) is 2.84. The summed E-state index contributed by atoms with van der Waals surface area (Å²) in [4.78, 5) is 52.5. The van der Waals surface area contributed by atoms with Gasteiger partial charge in [-0.1, -0.05) is 43.7 Å². The van der Waals surface area contributed by atoms with Crippen LogP contribution in [0.25, 0.3) is 0 Å². The van der Waals surface area contributed by atoms with Gasteiger partial charge in [-0.05, 0) is 30.5 Å². The number of nitrogen functional groups attached to an aromatic ring is 1. The number of unbranched alkanes of at least 4 members (excludes halogenated alkanes) is 1. The Labute approximate surface area is 207 Å². The van der Waals surface area contributed by atoms with E-state index in [1.807, 2.05) is 37.3 Å². The number of nitrogens with zero attached hydrogens (tertiary/aromatic N) is 3. The molecule has 2 aromatic carbocycles. The monoisotopic (exact) mass is 494 g/mol. The lowest BCUT2D eigenvalue weighted by Gasteiger charge is -2.26. The fourth-order valence-corrected chi connectivity index (χ4v) is 3.85. The molecule has 4 N–H and O–H groups in total. The molecule has 0 aliphatic carbocycles. The number of aryl methyl sites for hydroxylation is 1. The highest BCUT2D eigenvalue weighted by Gasteiger charge is 2.20. The summed E-state index contributed by atoms with van der Waals surface area (Å²) in [5.41, 5.74) is 7.12. The number of anilines is 3. The van der Waals surface area contributed by atoms with E-state index in [4.69, 9.17) is 5.73 Å². The largest absolute Gasteiger partial charge is 0.383 e. The molecule has 3 rings (SSSR count). The molecule has 11 heteroatoms. The molecule has 190 valence electrons. The van der Waals surface area contributed by atoms with Crippen LogP contribution >= 0.6 is 0 Å². The molecule has 0 unspecified atom stereocenters. The van der Waals surface area contributed by atoms with Crippen molar-refractivity contribution in [2.24, 2.45) is 0 Å². The maximum atomic E-state index is 12.8. The lowest BCUT2D eigenvalue weighted by Crippen LogP contribution is -2.39. The molecule has 0 saturated heterocycles. The van der Waals surface area contributed by atoms with Crippen LogP contribution in [0.5, 0.6) is 0 Å². The van der Waals surface area contributed by atoms with Gasteiger partial charge in [-0.15, -0.1) is 0 Å². The summed E-state index contributed by atoms with van der Waals surface area (Å²) in [6, 6.07) is 13.6. The van der Waals surface area contributed by atoms with Gasteiger partial charge in [0.1, 0.15) is 11.5 Å². The van der Waals surface area contributed by atoms with E-state index < -0.39 is 16.2 Å². The fraction of sp³-hybridized carbons (Fsp3) is 0.320. The van der Waals surface area contributed by atoms with Crippen LogP contribution in [-0.4, -0.2) is 26.9 Å². The van der Waals surface area contributed by atoms with Crippen molar-refractivity contribution in [1.82, 2.24) is 9.55 Å². The molecule has 0 spiro atoms. The first-order chi connectivity index (χ1) is 17.2. The number of benzene rings is 2. The number of nitro groups is 1. The number of aromatic amines is 1. The number of hydrogen-bond acceptors (Lipinski definition) is 7. The number of nitrogens with one attached hydrogen (secondary N) is 2. The first-order valence-electron chi connectivity index (χ1n) is 11.7. The summed E-state index contributed by atoms with van der Waals surface area (Å²) in [5, 5.41) is 13.7. The molecule has 1 amide bonds. The van der Waals surface area contributed by atoms with Gasteiger partial charge in [-0.25, -0.2) is 4.79 Å². The van der Waals surface area contributed by atoms with Gasteiger partial charge < -0.3 is 16.0 Å². The summed E-state index contributed by atoms with van der Waals surface area (Å²) in [7, 11) is 0. The molecule has 3 aromatic rings. The van der Waals surface area contributed by atoms with Gasteiger partial charge in [0, 0.05) is 43.9 Å². The van der Waals surface area contributed by atoms with Gasteiger partial charge in [0.2, 0.25) is 5.91 Å². The van der Waals surface area contributed by atoms with E-state index in [0.717, 1.165) is 12.0 Å². The number of non-ortho nitro benzene ring substituents is 1. The molecule has 11 nitrogen and oxygen atoms in total. The van der Waals surface area contributed by atoms with E-state index in [1.165, 1.54) is 22.8 Å². The summed E-state index contributed by atoms with van der Waals surface area (Å²) < 4.78 is 1.35. The molecule has 0 aliphatic rings. The second kappa shape index (κ2) is 11.8. The Morgan fingerprint density at radius 2 is 1.92 bits per heavy atom. The van der Waals surface area contributed by atoms with Crippen molar-refractivity contribution in [1.29, 1.82) is 0 Å². The number of amides is 1. The normalized spacial score (nSPS) is 10.7. The van der Waals surface area contributed by atoms with E-state index in [9.17, 15) is 24.5 Å². The standard InChI is InChI=1S/C25H30N6O5/c1-3-4-13-30-23(26)22(24(33)28-25(30)34)29(16-18-8-6-5-7-9-18)14-12-21(32)27-20-11-10-19(31(35)36)15-17(20)2/h5-11,15H,3-4,12-14,16,26H2,1-2H3,(H,27,32)(H,28,33,34). The van der Waals surface area contributed by atoms with Gasteiger partial charge in [0.15, 0.2) is 0 Å². The maximum absolute atomic E-state index is 12.8. The molecule has 0 aliphatic heterocycles. The summed E-state index contributed by atoms with van der Waals surface area (Å²) in [6.07, 6.45) is 1.57. The van der Waals surface area contributed by atoms with Crippen LogP contribution in [0.1, 0.15) is 37.3 Å². The highest BCUT2D eigenvalue weighted by molar-refractivity contribution is 5.92. The Balaban J connectivity index is 1.86. The zero-order chi connectivity index (χ0) is 26.2. The van der Waals surface area contributed by atoms with Crippen molar-refractivity contribution in [3.8, 4) is 0 Å². The SMILES string of the molecule is CCCCn1c(N)c(N(CCC(=O)Nc2ccc([N+](=O)[O-])cc2C)Cc2ccccc2)c(=O)[nH]c1=O. The van der Waals surface area contributed by atoms with Gasteiger partial charge in [-0.2, -0.15) is 0 Å². The molecule has 1 aromatic heterocycles. The van der Waals surface area contributed by atoms with Gasteiger partial charge in [0.05, 0.1) is 4.92 Å². The van der Waals surface area contributed by atoms with Gasteiger partial charge in [0.25, 0.3) is 11.2 Å². The first-order valence-corrected chi connectivity index (χ1v) is 11.7. The number of nitrogens with two attached hydrogens (primary N) is 1. The Bertz CT molecular complexity index is 1350. The topological polar surface area (TPSA) is 156 Å². The zero-order valence-electron chi connectivity index (χ0n) is 20.3. The third-order valence-corrected chi connectivity index (χ3v) is 5.79. The van der Waals surface area contributed by atoms with E-state index in [1.54, 1.807) is 11.8 Å². The first kappa shape index (κ1) is 26.2. The smallest absolute Gasteiger partial charge is 0.330 e. The third kappa shape index (κ3) is 6.38. The van der Waals surface area contributed by atoms with E-state index in [-0.39, 0.29) is 36.1 Å². The Kier molecular flexibility index (Phi) is 8.61. The van der Waals surface area contributed by atoms with Crippen molar-refractivity contribution in [2.75, 3.05) is 22.5 Å². The van der Waals surface area contributed by atoms with Gasteiger partial charge in [-0.3, -0.25) is 29.3 Å². The summed E-state index contributed by atoms with van der Waals surface area (Å²) in [6.45, 7) is 4.46. The Morgan fingerprint density at radius 3 is 2.56 bits per heavy atom. The van der Waals surface area contributed by atoms with Crippen LogP contribution in [0.2, 0.25) is 0 Å². The second-order valence-electron chi connectivity index (χ2n) is 8.46. The van der Waals surface area contributed by atoms with Crippen molar-refractivity contribution >= 4 is 28.8 Å². The number of carbonyl (C=O) groups is 1. The summed E-state index contributed by atoms with van der Waals surface area (Å²) >= 11 is 0. The van der Waals surface area contributed by atoms with Crippen molar-refractivity contribution in [3.05, 3.63) is 90.6 Å². The number of hydrogen-bond donors (Lipinski definition) is 3. The number of nitro benzene ring substituents is 1. The van der Waals surface area contributed by atoms with Crippen LogP contribution < -0.4 is 27.2 Å². The van der Waals surface area contributed by atoms with Crippen molar-refractivity contribution in [3.63, 3.8) is 0 Å². The minimum Gasteiger partial charge on any atom is -0.383 e. The zero-order valence-corrected chi connectivity index (χ0v) is 20.3. The number of carbonyl (C=O) groups excluding carboxylic acids is 1. The Morgan fingerprint density at radius 1 is 1.19 bits per heavy atom. The third-order valence-electron chi connectivity index (χ3n) is 5.79. The van der Waals surface area contributed by atoms with Gasteiger partial charge >= 0.3 is 5.69 Å². The number of aromatic nitrogens is 2. The predicted molar refractivity (Wildman–Crippen MR) is 139 cm³/mol. The predicted octanol–water partition coefficient (Wildman–Crippen LogP) is 3.17. The molecule has 0 radical (unpaired) electrons. The maximum Gasteiger partial charge on any atom is 0.330 e. The molecule has 36 heavy (non-hydrogen) atoms. The number of H-pyrrole nitrogens is 1. The molecule has 0 fully saturated rings. The lowest BCUT2D eigenvalue weighted by molar-refractivity contribution is -0.384. The summed E-state index contributed by atoms with van der Waals surface area (Å²) in [5.74, 6) is -0.279. The minimum atomic E-state index is -0.618. The van der Waals surface area contributed by atoms with Crippen molar-refractivity contribution in [2.45, 2.75) is 46.2 Å². The number of rotatable bonds is 11. The Hall–Kier alpha value is -4.41. The fourth-order valence-electron chi connectivity index (χ4n) is 3.85. The van der Waals surface area contributed by atoms with E-state index in [2.05, 4.69) is 10.3 Å².